The van der Waals surface area contributed by atoms with Gasteiger partial charge in [0.1, 0.15) is 0 Å². The number of nitro benzene ring substituents is 1. The van der Waals surface area contributed by atoms with Gasteiger partial charge in [-0.25, -0.2) is 0 Å². The minimum atomic E-state index is -0.402. The molecule has 0 atom stereocenters. The van der Waals surface area contributed by atoms with Crippen molar-refractivity contribution < 1.29 is 14.8 Å². The number of ether oxygens (including phenoxy) is 1. The van der Waals surface area contributed by atoms with Gasteiger partial charge in [0.25, 0.3) is 5.69 Å². The first-order valence-electron chi connectivity index (χ1n) is 5.86. The smallest absolute Gasteiger partial charge is 0.269 e. The van der Waals surface area contributed by atoms with Crippen LogP contribution in [0.4, 0.5) is 5.69 Å². The second-order valence-electron chi connectivity index (χ2n) is 3.76. The number of aliphatic hydroxyl groups is 1. The highest BCUT2D eigenvalue weighted by atomic mass is 16.6. The molecule has 0 amide bonds. The maximum atomic E-state index is 10.5. The van der Waals surface area contributed by atoms with Crippen molar-refractivity contribution in [3.63, 3.8) is 0 Å². The first kappa shape index (κ1) is 14.6. The van der Waals surface area contributed by atoms with Gasteiger partial charge in [0.2, 0.25) is 0 Å². The summed E-state index contributed by atoms with van der Waals surface area (Å²) in [5.41, 5.74) is 1.17. The van der Waals surface area contributed by atoms with E-state index < -0.39 is 4.92 Å². The summed E-state index contributed by atoms with van der Waals surface area (Å²) < 4.78 is 5.09. The van der Waals surface area contributed by atoms with E-state index >= 15 is 0 Å². The fourth-order valence-electron chi connectivity index (χ4n) is 1.45. The number of non-ortho nitro benzene ring substituents is 1. The topological polar surface area (TPSA) is 84.6 Å². The Morgan fingerprint density at radius 3 is 2.56 bits per heavy atom. The number of nitrogens with one attached hydrogen (secondary N) is 1. The van der Waals surface area contributed by atoms with E-state index in [1.807, 2.05) is 0 Å². The second-order valence-corrected chi connectivity index (χ2v) is 3.76. The molecule has 6 heteroatoms. The summed E-state index contributed by atoms with van der Waals surface area (Å²) in [6.07, 6.45) is 0.817. The molecular weight excluding hydrogens is 236 g/mol. The lowest BCUT2D eigenvalue weighted by molar-refractivity contribution is -0.384. The minimum absolute atomic E-state index is 0.0444. The first-order chi connectivity index (χ1) is 8.74. The van der Waals surface area contributed by atoms with Gasteiger partial charge < -0.3 is 15.2 Å². The zero-order valence-electron chi connectivity index (χ0n) is 10.2. The van der Waals surface area contributed by atoms with Crippen molar-refractivity contribution in [2.75, 3.05) is 32.9 Å². The number of nitrogens with zero attached hydrogens (tertiary/aromatic N) is 1. The van der Waals surface area contributed by atoms with Gasteiger partial charge in [0.15, 0.2) is 0 Å². The summed E-state index contributed by atoms with van der Waals surface area (Å²) in [6, 6.07) is 6.56. The lowest BCUT2D eigenvalue weighted by Gasteiger charge is -2.05. The third-order valence-electron chi connectivity index (χ3n) is 2.40. The van der Waals surface area contributed by atoms with E-state index in [4.69, 9.17) is 9.84 Å². The van der Waals surface area contributed by atoms with E-state index in [1.165, 1.54) is 12.1 Å². The fraction of sp³-hybridized carbons (Fsp3) is 0.500. The second kappa shape index (κ2) is 8.57. The van der Waals surface area contributed by atoms with Gasteiger partial charge >= 0.3 is 0 Å². The summed E-state index contributed by atoms with van der Waals surface area (Å²) in [7, 11) is 0. The van der Waals surface area contributed by atoms with Crippen molar-refractivity contribution in [2.24, 2.45) is 0 Å². The van der Waals surface area contributed by atoms with Crippen LogP contribution in [-0.4, -0.2) is 42.9 Å². The number of hydrogen-bond donors (Lipinski definition) is 2. The average Bonchev–Trinajstić information content (AvgIpc) is 2.38. The molecule has 1 rings (SSSR count). The molecule has 0 aliphatic heterocycles. The van der Waals surface area contributed by atoms with Crippen LogP contribution in [-0.2, 0) is 11.2 Å². The van der Waals surface area contributed by atoms with Crippen molar-refractivity contribution in [3.05, 3.63) is 39.9 Å². The van der Waals surface area contributed by atoms with E-state index in [0.29, 0.717) is 13.2 Å². The molecule has 0 heterocycles. The highest BCUT2D eigenvalue weighted by Crippen LogP contribution is 2.11. The molecule has 0 unspecified atom stereocenters. The van der Waals surface area contributed by atoms with E-state index in [-0.39, 0.29) is 12.3 Å². The normalized spacial score (nSPS) is 10.5. The summed E-state index contributed by atoms with van der Waals surface area (Å²) in [4.78, 5) is 10.1. The summed E-state index contributed by atoms with van der Waals surface area (Å²) in [5, 5.41) is 22.1. The van der Waals surface area contributed by atoms with Gasteiger partial charge in [-0.15, -0.1) is 0 Å². The Labute approximate surface area is 106 Å². The average molecular weight is 254 g/mol. The highest BCUT2D eigenvalue weighted by molar-refractivity contribution is 5.32. The van der Waals surface area contributed by atoms with E-state index in [0.717, 1.165) is 25.1 Å². The number of benzene rings is 1. The SMILES string of the molecule is O=[N+]([O-])c1ccc(CCNCCOCCO)cc1. The van der Waals surface area contributed by atoms with E-state index in [9.17, 15) is 10.1 Å². The molecule has 0 saturated heterocycles. The van der Waals surface area contributed by atoms with Crippen LogP contribution in [0.25, 0.3) is 0 Å². The maximum Gasteiger partial charge on any atom is 0.269 e. The van der Waals surface area contributed by atoms with E-state index in [2.05, 4.69) is 5.32 Å². The maximum absolute atomic E-state index is 10.5. The summed E-state index contributed by atoms with van der Waals surface area (Å²) in [6.45, 7) is 2.50. The van der Waals surface area contributed by atoms with Gasteiger partial charge in [-0.2, -0.15) is 0 Å². The molecule has 0 fully saturated rings. The van der Waals surface area contributed by atoms with Gasteiger partial charge in [-0.3, -0.25) is 10.1 Å². The molecular formula is C12H18N2O4. The number of aliphatic hydroxyl groups excluding tert-OH is 1. The predicted molar refractivity (Wildman–Crippen MR) is 67.6 cm³/mol. The zero-order valence-corrected chi connectivity index (χ0v) is 10.2. The van der Waals surface area contributed by atoms with Gasteiger partial charge in [-0.05, 0) is 18.5 Å². The molecule has 0 aliphatic rings. The summed E-state index contributed by atoms with van der Waals surface area (Å²) >= 11 is 0. The van der Waals surface area contributed by atoms with Crippen molar-refractivity contribution in [3.8, 4) is 0 Å². The van der Waals surface area contributed by atoms with Crippen LogP contribution in [0.1, 0.15) is 5.56 Å². The molecule has 1 aromatic carbocycles. The van der Waals surface area contributed by atoms with Gasteiger partial charge in [-0.1, -0.05) is 12.1 Å². The van der Waals surface area contributed by atoms with Crippen LogP contribution in [0.5, 0.6) is 0 Å². The summed E-state index contributed by atoms with van der Waals surface area (Å²) in [5.74, 6) is 0. The number of nitro groups is 1. The van der Waals surface area contributed by atoms with Crippen molar-refractivity contribution in [1.29, 1.82) is 0 Å². The molecule has 0 bridgehead atoms. The van der Waals surface area contributed by atoms with Crippen LogP contribution < -0.4 is 5.32 Å². The first-order valence-corrected chi connectivity index (χ1v) is 5.86. The van der Waals surface area contributed by atoms with Crippen LogP contribution >= 0.6 is 0 Å². The minimum Gasteiger partial charge on any atom is -0.394 e. The Morgan fingerprint density at radius 2 is 1.94 bits per heavy atom. The predicted octanol–water partition coefficient (Wildman–Crippen LogP) is 0.736. The van der Waals surface area contributed by atoms with Crippen LogP contribution in [0.2, 0.25) is 0 Å². The van der Waals surface area contributed by atoms with Crippen LogP contribution in [0, 0.1) is 10.1 Å². The Balaban J connectivity index is 2.14. The number of hydrogen-bond acceptors (Lipinski definition) is 5. The van der Waals surface area contributed by atoms with Crippen molar-refractivity contribution in [2.45, 2.75) is 6.42 Å². The third-order valence-corrected chi connectivity index (χ3v) is 2.40. The van der Waals surface area contributed by atoms with E-state index in [1.54, 1.807) is 12.1 Å². The quantitative estimate of drug-likeness (QED) is 0.385. The molecule has 0 radical (unpaired) electrons. The zero-order chi connectivity index (χ0) is 13.2. The standard InChI is InChI=1S/C12H18N2O4/c15-8-10-18-9-7-13-6-5-11-1-3-12(4-2-11)14(16)17/h1-4,13,15H,5-10H2. The molecule has 0 aliphatic carbocycles. The van der Waals surface area contributed by atoms with Gasteiger partial charge in [0, 0.05) is 18.7 Å². The molecule has 100 valence electrons. The molecule has 2 N–H and O–H groups in total. The monoisotopic (exact) mass is 254 g/mol. The molecule has 6 nitrogen and oxygen atoms in total. The van der Waals surface area contributed by atoms with Crippen LogP contribution in [0.15, 0.2) is 24.3 Å². The molecule has 18 heavy (non-hydrogen) atoms. The van der Waals surface area contributed by atoms with Crippen molar-refractivity contribution in [1.82, 2.24) is 5.32 Å². The third kappa shape index (κ3) is 5.72. The Bertz CT molecular complexity index is 354. The lowest BCUT2D eigenvalue weighted by Crippen LogP contribution is -2.22. The molecule has 0 spiro atoms. The van der Waals surface area contributed by atoms with Gasteiger partial charge in [0.05, 0.1) is 24.7 Å². The number of rotatable bonds is 9. The molecule has 1 aromatic rings. The Morgan fingerprint density at radius 1 is 1.22 bits per heavy atom. The van der Waals surface area contributed by atoms with Crippen molar-refractivity contribution >= 4 is 5.69 Å². The lowest BCUT2D eigenvalue weighted by atomic mass is 10.1. The largest absolute Gasteiger partial charge is 0.394 e. The van der Waals surface area contributed by atoms with Crippen LogP contribution in [0.3, 0.4) is 0 Å². The Hall–Kier alpha value is -1.50. The molecule has 0 aromatic heterocycles. The molecule has 0 saturated carbocycles. The fourth-order valence-corrected chi connectivity index (χ4v) is 1.45. The Kier molecular flexibility index (Phi) is 6.93. The highest BCUT2D eigenvalue weighted by Gasteiger charge is 2.03.